The van der Waals surface area contributed by atoms with Crippen LogP contribution in [0.3, 0.4) is 0 Å². The van der Waals surface area contributed by atoms with Crippen LogP contribution in [-0.4, -0.2) is 6.04 Å². The van der Waals surface area contributed by atoms with E-state index in [-0.39, 0.29) is 0 Å². The maximum absolute atomic E-state index is 6.47. The van der Waals surface area contributed by atoms with Gasteiger partial charge >= 0.3 is 0 Å². The fourth-order valence-corrected chi connectivity index (χ4v) is 3.52. The van der Waals surface area contributed by atoms with E-state index in [0.717, 1.165) is 18.3 Å². The molecule has 2 aromatic rings. The number of fused-ring (bicyclic) bond motifs is 1. The van der Waals surface area contributed by atoms with E-state index < -0.39 is 0 Å². The summed E-state index contributed by atoms with van der Waals surface area (Å²) >= 11 is 0. The zero-order valence-corrected chi connectivity index (χ0v) is 12.4. The molecule has 0 saturated heterocycles. The van der Waals surface area contributed by atoms with Crippen molar-refractivity contribution < 1.29 is 0 Å². The second-order valence-corrected chi connectivity index (χ2v) is 6.57. The molecule has 0 bridgehead atoms. The first-order chi connectivity index (χ1) is 9.72. The molecule has 1 heteroatoms. The molecule has 1 saturated carbocycles. The summed E-state index contributed by atoms with van der Waals surface area (Å²) in [6, 6.07) is 15.7. The smallest absolute Gasteiger partial charge is 0.0108 e. The molecule has 0 aliphatic heterocycles. The Balaban J connectivity index is 1.69. The number of hydrogen-bond donors (Lipinski definition) is 1. The zero-order valence-electron chi connectivity index (χ0n) is 12.4. The standard InChI is InChI=1S/C19H25N/c1-14-6-9-17(10-7-14)19(20)13-15-8-11-16-4-2-3-5-18(16)12-15/h2-5,8,11-12,14,17,19H,6-7,9-10,13,20H2,1H3. The van der Waals surface area contributed by atoms with Gasteiger partial charge in [0.1, 0.15) is 0 Å². The van der Waals surface area contributed by atoms with Crippen molar-refractivity contribution in [1.82, 2.24) is 0 Å². The molecule has 1 nitrogen and oxygen atoms in total. The maximum Gasteiger partial charge on any atom is 0.0108 e. The van der Waals surface area contributed by atoms with Crippen LogP contribution in [-0.2, 0) is 6.42 Å². The van der Waals surface area contributed by atoms with Crippen molar-refractivity contribution in [3.05, 3.63) is 48.0 Å². The van der Waals surface area contributed by atoms with E-state index in [1.54, 1.807) is 0 Å². The van der Waals surface area contributed by atoms with E-state index in [0.29, 0.717) is 6.04 Å². The van der Waals surface area contributed by atoms with Crippen LogP contribution in [0.15, 0.2) is 42.5 Å². The van der Waals surface area contributed by atoms with Crippen LogP contribution >= 0.6 is 0 Å². The Labute approximate surface area is 122 Å². The first kappa shape index (κ1) is 13.6. The van der Waals surface area contributed by atoms with E-state index in [9.17, 15) is 0 Å². The molecule has 1 aliphatic rings. The summed E-state index contributed by atoms with van der Waals surface area (Å²) in [5.41, 5.74) is 7.85. The van der Waals surface area contributed by atoms with Gasteiger partial charge in [0.2, 0.25) is 0 Å². The molecule has 0 radical (unpaired) electrons. The van der Waals surface area contributed by atoms with Crippen molar-refractivity contribution in [2.75, 3.05) is 0 Å². The molecular weight excluding hydrogens is 242 g/mol. The summed E-state index contributed by atoms with van der Waals surface area (Å²) in [7, 11) is 0. The molecule has 1 atom stereocenters. The highest BCUT2D eigenvalue weighted by Gasteiger charge is 2.23. The highest BCUT2D eigenvalue weighted by molar-refractivity contribution is 5.82. The average Bonchev–Trinajstić information content (AvgIpc) is 2.48. The van der Waals surface area contributed by atoms with Gasteiger partial charge in [0.25, 0.3) is 0 Å². The first-order valence-corrected chi connectivity index (χ1v) is 7.95. The van der Waals surface area contributed by atoms with Crippen molar-refractivity contribution in [3.8, 4) is 0 Å². The van der Waals surface area contributed by atoms with E-state index in [1.807, 2.05) is 0 Å². The number of rotatable bonds is 3. The number of nitrogens with two attached hydrogens (primary N) is 1. The minimum Gasteiger partial charge on any atom is -0.327 e. The number of hydrogen-bond acceptors (Lipinski definition) is 1. The molecule has 2 N–H and O–H groups in total. The molecule has 2 aromatic carbocycles. The molecule has 0 spiro atoms. The Bertz CT molecular complexity index is 567. The van der Waals surface area contributed by atoms with Gasteiger partial charge in [-0.3, -0.25) is 0 Å². The summed E-state index contributed by atoms with van der Waals surface area (Å²) in [5.74, 6) is 1.62. The Hall–Kier alpha value is -1.34. The van der Waals surface area contributed by atoms with E-state index >= 15 is 0 Å². The van der Waals surface area contributed by atoms with Gasteiger partial charge in [0.05, 0.1) is 0 Å². The third-order valence-corrected chi connectivity index (χ3v) is 4.95. The summed E-state index contributed by atoms with van der Waals surface area (Å²) in [5, 5.41) is 2.64. The Morgan fingerprint density at radius 3 is 2.45 bits per heavy atom. The second-order valence-electron chi connectivity index (χ2n) is 6.57. The topological polar surface area (TPSA) is 26.0 Å². The second kappa shape index (κ2) is 5.97. The van der Waals surface area contributed by atoms with Crippen LogP contribution in [0.25, 0.3) is 10.8 Å². The minimum atomic E-state index is 0.323. The minimum absolute atomic E-state index is 0.323. The van der Waals surface area contributed by atoms with Gasteiger partial charge in [-0.05, 0) is 47.4 Å². The fourth-order valence-electron chi connectivity index (χ4n) is 3.52. The lowest BCUT2D eigenvalue weighted by molar-refractivity contribution is 0.253. The van der Waals surface area contributed by atoms with Crippen LogP contribution in [0.2, 0.25) is 0 Å². The molecule has 0 aromatic heterocycles. The van der Waals surface area contributed by atoms with E-state index in [1.165, 1.54) is 42.0 Å². The first-order valence-electron chi connectivity index (χ1n) is 7.95. The molecular formula is C19H25N. The van der Waals surface area contributed by atoms with Gasteiger partial charge in [-0.15, -0.1) is 0 Å². The SMILES string of the molecule is CC1CCC(C(N)Cc2ccc3ccccc3c2)CC1. The van der Waals surface area contributed by atoms with Crippen LogP contribution in [0.1, 0.15) is 38.2 Å². The lowest BCUT2D eigenvalue weighted by Gasteiger charge is -2.30. The molecule has 20 heavy (non-hydrogen) atoms. The third kappa shape index (κ3) is 3.04. The predicted octanol–water partition coefficient (Wildman–Crippen LogP) is 4.54. The Morgan fingerprint density at radius 2 is 1.70 bits per heavy atom. The zero-order chi connectivity index (χ0) is 13.9. The average molecular weight is 267 g/mol. The van der Waals surface area contributed by atoms with Crippen LogP contribution in [0, 0.1) is 11.8 Å². The lowest BCUT2D eigenvalue weighted by atomic mass is 9.78. The van der Waals surface area contributed by atoms with E-state index in [4.69, 9.17) is 5.73 Å². The molecule has 3 rings (SSSR count). The predicted molar refractivity (Wildman–Crippen MR) is 86.7 cm³/mol. The van der Waals surface area contributed by atoms with Crippen molar-refractivity contribution in [3.63, 3.8) is 0 Å². The maximum atomic E-state index is 6.47. The van der Waals surface area contributed by atoms with Gasteiger partial charge in [0, 0.05) is 6.04 Å². The largest absolute Gasteiger partial charge is 0.327 e. The van der Waals surface area contributed by atoms with Crippen molar-refractivity contribution in [1.29, 1.82) is 0 Å². The van der Waals surface area contributed by atoms with Gasteiger partial charge in [-0.1, -0.05) is 62.2 Å². The molecule has 106 valence electrons. The number of benzene rings is 2. The summed E-state index contributed by atoms with van der Waals surface area (Å²) < 4.78 is 0. The quantitative estimate of drug-likeness (QED) is 0.868. The normalized spacial score (nSPS) is 24.7. The summed E-state index contributed by atoms with van der Waals surface area (Å²) in [6.45, 7) is 2.37. The van der Waals surface area contributed by atoms with Gasteiger partial charge in [-0.2, -0.15) is 0 Å². The molecule has 1 unspecified atom stereocenters. The molecule has 0 amide bonds. The lowest BCUT2D eigenvalue weighted by Crippen LogP contribution is -2.34. The third-order valence-electron chi connectivity index (χ3n) is 4.95. The summed E-state index contributed by atoms with van der Waals surface area (Å²) in [6.07, 6.45) is 6.36. The fraction of sp³-hybridized carbons (Fsp3) is 0.474. The van der Waals surface area contributed by atoms with Crippen molar-refractivity contribution >= 4 is 10.8 Å². The molecule has 1 aliphatic carbocycles. The van der Waals surface area contributed by atoms with Gasteiger partial charge in [0.15, 0.2) is 0 Å². The highest BCUT2D eigenvalue weighted by Crippen LogP contribution is 2.31. The molecule has 1 fully saturated rings. The van der Waals surface area contributed by atoms with Gasteiger partial charge in [-0.25, -0.2) is 0 Å². The molecule has 0 heterocycles. The highest BCUT2D eigenvalue weighted by atomic mass is 14.6. The van der Waals surface area contributed by atoms with Crippen molar-refractivity contribution in [2.45, 2.75) is 45.1 Å². The Kier molecular flexibility index (Phi) is 4.07. The Morgan fingerprint density at radius 1 is 1.00 bits per heavy atom. The summed E-state index contributed by atoms with van der Waals surface area (Å²) in [4.78, 5) is 0. The van der Waals surface area contributed by atoms with E-state index in [2.05, 4.69) is 49.4 Å². The van der Waals surface area contributed by atoms with Gasteiger partial charge < -0.3 is 5.73 Å². The van der Waals surface area contributed by atoms with Crippen LogP contribution < -0.4 is 5.73 Å². The van der Waals surface area contributed by atoms with Crippen molar-refractivity contribution in [2.24, 2.45) is 17.6 Å². The van der Waals surface area contributed by atoms with Crippen LogP contribution in [0.4, 0.5) is 0 Å². The van der Waals surface area contributed by atoms with Crippen LogP contribution in [0.5, 0.6) is 0 Å². The monoisotopic (exact) mass is 267 g/mol.